The molecule has 19 heavy (non-hydrogen) atoms. The van der Waals surface area contributed by atoms with Crippen LogP contribution >= 0.6 is 11.6 Å². The molecule has 0 saturated carbocycles. The van der Waals surface area contributed by atoms with Gasteiger partial charge in [0.25, 0.3) is 0 Å². The number of anilines is 1. The van der Waals surface area contributed by atoms with Gasteiger partial charge < -0.3 is 10.1 Å². The van der Waals surface area contributed by atoms with Gasteiger partial charge in [0.2, 0.25) is 0 Å². The van der Waals surface area contributed by atoms with Crippen LogP contribution in [0.15, 0.2) is 36.5 Å². The second kappa shape index (κ2) is 5.10. The highest BCUT2D eigenvalue weighted by molar-refractivity contribution is 6.32. The van der Waals surface area contributed by atoms with Gasteiger partial charge in [-0.2, -0.15) is 0 Å². The van der Waals surface area contributed by atoms with E-state index in [2.05, 4.69) is 16.4 Å². The number of hydrogen-bond acceptors (Lipinski definition) is 3. The van der Waals surface area contributed by atoms with Gasteiger partial charge in [-0.25, -0.2) is 4.98 Å². The van der Waals surface area contributed by atoms with Gasteiger partial charge in [-0.15, -0.1) is 0 Å². The highest BCUT2D eigenvalue weighted by atomic mass is 35.5. The molecule has 0 bridgehead atoms. The highest BCUT2D eigenvalue weighted by Gasteiger charge is 2.25. The summed E-state index contributed by atoms with van der Waals surface area (Å²) in [5, 5.41) is 4.07. The fraction of sp³-hybridized carbons (Fsp3) is 0.267. The molecule has 0 amide bonds. The number of methoxy groups -OCH3 is 1. The van der Waals surface area contributed by atoms with Crippen LogP contribution in [0.4, 0.5) is 5.82 Å². The van der Waals surface area contributed by atoms with E-state index in [-0.39, 0.29) is 6.04 Å². The first kappa shape index (κ1) is 12.3. The van der Waals surface area contributed by atoms with Crippen LogP contribution in [0.2, 0.25) is 5.02 Å². The monoisotopic (exact) mass is 274 g/mol. The Bertz CT molecular complexity index is 600. The number of pyridine rings is 1. The first-order valence-electron chi connectivity index (χ1n) is 6.32. The molecule has 1 unspecified atom stereocenters. The molecule has 0 spiro atoms. The zero-order valence-electron chi connectivity index (χ0n) is 10.7. The summed E-state index contributed by atoms with van der Waals surface area (Å²) < 4.78 is 5.41. The SMILES string of the molecule is COc1cccc2c1CCC2Nc1ncccc1Cl. The number of benzene rings is 1. The van der Waals surface area contributed by atoms with E-state index in [1.165, 1.54) is 11.1 Å². The molecule has 1 N–H and O–H groups in total. The van der Waals surface area contributed by atoms with Crippen molar-refractivity contribution in [1.82, 2.24) is 4.98 Å². The van der Waals surface area contributed by atoms with Crippen molar-refractivity contribution in [2.45, 2.75) is 18.9 Å². The third kappa shape index (κ3) is 2.26. The molecule has 1 aliphatic rings. The Hall–Kier alpha value is -1.74. The molecule has 0 fully saturated rings. The molecule has 1 aliphatic carbocycles. The summed E-state index contributed by atoms with van der Waals surface area (Å²) in [4.78, 5) is 4.28. The van der Waals surface area contributed by atoms with Crippen LogP contribution in [0.1, 0.15) is 23.6 Å². The Balaban J connectivity index is 1.89. The third-order valence-electron chi connectivity index (χ3n) is 3.52. The third-order valence-corrected chi connectivity index (χ3v) is 3.82. The van der Waals surface area contributed by atoms with Crippen molar-refractivity contribution < 1.29 is 4.74 Å². The van der Waals surface area contributed by atoms with Gasteiger partial charge in [0.1, 0.15) is 11.6 Å². The maximum atomic E-state index is 6.14. The summed E-state index contributed by atoms with van der Waals surface area (Å²) in [5.74, 6) is 1.71. The van der Waals surface area contributed by atoms with Crippen LogP contribution in [-0.4, -0.2) is 12.1 Å². The van der Waals surface area contributed by atoms with Crippen molar-refractivity contribution in [1.29, 1.82) is 0 Å². The van der Waals surface area contributed by atoms with E-state index in [4.69, 9.17) is 16.3 Å². The van der Waals surface area contributed by atoms with Crippen LogP contribution in [0.5, 0.6) is 5.75 Å². The average molecular weight is 275 g/mol. The first-order chi connectivity index (χ1) is 9.29. The lowest BCUT2D eigenvalue weighted by Gasteiger charge is -2.16. The van der Waals surface area contributed by atoms with Gasteiger partial charge in [0.15, 0.2) is 0 Å². The standard InChI is InChI=1S/C15H15ClN2O/c1-19-14-6-2-4-10-11(14)7-8-13(10)18-15-12(16)5-3-9-17-15/h2-6,9,13H,7-8H2,1H3,(H,17,18). The molecule has 4 heteroatoms. The number of nitrogens with one attached hydrogen (secondary N) is 1. The maximum Gasteiger partial charge on any atom is 0.145 e. The number of ether oxygens (including phenoxy) is 1. The first-order valence-corrected chi connectivity index (χ1v) is 6.70. The molecule has 98 valence electrons. The Kier molecular flexibility index (Phi) is 3.30. The second-order valence-electron chi connectivity index (χ2n) is 4.60. The Morgan fingerprint density at radius 3 is 3.00 bits per heavy atom. The smallest absolute Gasteiger partial charge is 0.145 e. The molecule has 0 saturated heterocycles. The minimum Gasteiger partial charge on any atom is -0.496 e. The zero-order chi connectivity index (χ0) is 13.2. The van der Waals surface area contributed by atoms with Crippen LogP contribution in [-0.2, 0) is 6.42 Å². The summed E-state index contributed by atoms with van der Waals surface area (Å²) in [6, 6.07) is 10.1. The molecular weight excluding hydrogens is 260 g/mol. The van der Waals surface area contributed by atoms with E-state index in [9.17, 15) is 0 Å². The Labute approximate surface area is 117 Å². The molecule has 0 aliphatic heterocycles. The van der Waals surface area contributed by atoms with E-state index >= 15 is 0 Å². The number of hydrogen-bond donors (Lipinski definition) is 1. The predicted octanol–water partition coefficient (Wildman–Crippen LogP) is 3.84. The molecule has 0 radical (unpaired) electrons. The average Bonchev–Trinajstić information content (AvgIpc) is 2.84. The van der Waals surface area contributed by atoms with Crippen molar-refractivity contribution in [3.8, 4) is 5.75 Å². The lowest BCUT2D eigenvalue weighted by atomic mass is 10.1. The lowest BCUT2D eigenvalue weighted by molar-refractivity contribution is 0.410. The molecule has 3 rings (SSSR count). The van der Waals surface area contributed by atoms with Crippen molar-refractivity contribution in [3.05, 3.63) is 52.7 Å². The van der Waals surface area contributed by atoms with E-state index in [0.717, 1.165) is 24.4 Å². The number of nitrogens with zero attached hydrogens (tertiary/aromatic N) is 1. The number of halogens is 1. The van der Waals surface area contributed by atoms with Crippen molar-refractivity contribution in [2.75, 3.05) is 12.4 Å². The predicted molar refractivity (Wildman–Crippen MR) is 76.9 cm³/mol. The molecule has 2 aromatic rings. The normalized spacial score (nSPS) is 17.1. The summed E-state index contributed by atoms with van der Waals surface area (Å²) >= 11 is 6.14. The maximum absolute atomic E-state index is 6.14. The molecule has 1 heterocycles. The van der Waals surface area contributed by atoms with E-state index in [1.807, 2.05) is 24.3 Å². The number of rotatable bonds is 3. The van der Waals surface area contributed by atoms with Crippen molar-refractivity contribution in [2.24, 2.45) is 0 Å². The van der Waals surface area contributed by atoms with E-state index in [1.54, 1.807) is 13.3 Å². The van der Waals surface area contributed by atoms with Gasteiger partial charge in [-0.05, 0) is 42.2 Å². The van der Waals surface area contributed by atoms with Crippen LogP contribution in [0.3, 0.4) is 0 Å². The van der Waals surface area contributed by atoms with E-state index in [0.29, 0.717) is 5.02 Å². The minimum atomic E-state index is 0.248. The topological polar surface area (TPSA) is 34.1 Å². The fourth-order valence-electron chi connectivity index (χ4n) is 2.62. The Morgan fingerprint density at radius 1 is 1.32 bits per heavy atom. The quantitative estimate of drug-likeness (QED) is 0.923. The molecular formula is C15H15ClN2O. The fourth-order valence-corrected chi connectivity index (χ4v) is 2.79. The lowest BCUT2D eigenvalue weighted by Crippen LogP contribution is -2.08. The van der Waals surface area contributed by atoms with Gasteiger partial charge in [0, 0.05) is 6.20 Å². The second-order valence-corrected chi connectivity index (χ2v) is 5.00. The largest absolute Gasteiger partial charge is 0.496 e. The van der Waals surface area contributed by atoms with Crippen LogP contribution < -0.4 is 10.1 Å². The van der Waals surface area contributed by atoms with Crippen molar-refractivity contribution >= 4 is 17.4 Å². The number of fused-ring (bicyclic) bond motifs is 1. The number of aromatic nitrogens is 1. The molecule has 1 atom stereocenters. The van der Waals surface area contributed by atoms with Crippen LogP contribution in [0.25, 0.3) is 0 Å². The van der Waals surface area contributed by atoms with E-state index < -0.39 is 0 Å². The summed E-state index contributed by atoms with van der Waals surface area (Å²) in [7, 11) is 1.71. The molecule has 1 aromatic carbocycles. The summed E-state index contributed by atoms with van der Waals surface area (Å²) in [6.45, 7) is 0. The van der Waals surface area contributed by atoms with Gasteiger partial charge in [-0.1, -0.05) is 23.7 Å². The van der Waals surface area contributed by atoms with Gasteiger partial charge in [0.05, 0.1) is 18.2 Å². The minimum absolute atomic E-state index is 0.248. The summed E-state index contributed by atoms with van der Waals surface area (Å²) in [5.41, 5.74) is 2.57. The van der Waals surface area contributed by atoms with Crippen molar-refractivity contribution in [3.63, 3.8) is 0 Å². The zero-order valence-corrected chi connectivity index (χ0v) is 11.4. The molecule has 3 nitrogen and oxygen atoms in total. The van der Waals surface area contributed by atoms with Gasteiger partial charge >= 0.3 is 0 Å². The van der Waals surface area contributed by atoms with Crippen LogP contribution in [0, 0.1) is 0 Å². The Morgan fingerprint density at radius 2 is 2.21 bits per heavy atom. The van der Waals surface area contributed by atoms with Gasteiger partial charge in [-0.3, -0.25) is 0 Å². The molecule has 1 aromatic heterocycles. The highest BCUT2D eigenvalue weighted by Crippen LogP contribution is 2.39. The summed E-state index contributed by atoms with van der Waals surface area (Å²) in [6.07, 6.45) is 3.79.